The maximum atomic E-state index is 13.9. The number of furan rings is 1. The summed E-state index contributed by atoms with van der Waals surface area (Å²) in [5, 5.41) is 5.45. The smallest absolute Gasteiger partial charge is 0.338 e. The number of hydrogen-bond acceptors (Lipinski definition) is 7. The van der Waals surface area contributed by atoms with E-state index < -0.39 is 12.0 Å². The fraction of sp³-hybridized carbons (Fsp3) is 0.103. The zero-order valence-corrected chi connectivity index (χ0v) is 22.4. The first-order valence-electron chi connectivity index (χ1n) is 12.0. The Hall–Kier alpha value is -4.47. The van der Waals surface area contributed by atoms with Crippen molar-refractivity contribution < 1.29 is 13.9 Å². The van der Waals surface area contributed by atoms with Gasteiger partial charge in [-0.1, -0.05) is 53.3 Å². The summed E-state index contributed by atoms with van der Waals surface area (Å²) < 4.78 is 14.4. The highest BCUT2D eigenvalue weighted by atomic mass is 35.5. The van der Waals surface area contributed by atoms with Crippen LogP contribution in [0.4, 0.5) is 0 Å². The van der Waals surface area contributed by atoms with Crippen LogP contribution in [0.2, 0.25) is 5.02 Å². The van der Waals surface area contributed by atoms with Gasteiger partial charge in [-0.05, 0) is 49.4 Å². The first-order valence-corrected chi connectivity index (χ1v) is 13.2. The highest BCUT2D eigenvalue weighted by molar-refractivity contribution is 7.07. The number of benzene rings is 2. The Morgan fingerprint density at radius 2 is 1.87 bits per heavy atom. The maximum absolute atomic E-state index is 13.9. The number of nitrogens with zero attached hydrogens (tertiary/aromatic N) is 4. The second kappa shape index (κ2) is 10.0. The molecule has 1 unspecified atom stereocenters. The Morgan fingerprint density at radius 1 is 1.10 bits per heavy atom. The third-order valence-corrected chi connectivity index (χ3v) is 7.64. The Morgan fingerprint density at radius 3 is 2.56 bits per heavy atom. The molecule has 8 nitrogen and oxygen atoms in total. The van der Waals surface area contributed by atoms with Gasteiger partial charge in [0.2, 0.25) is 0 Å². The average Bonchev–Trinajstić information content (AvgIpc) is 3.69. The van der Waals surface area contributed by atoms with Crippen molar-refractivity contribution in [3.05, 3.63) is 126 Å². The number of carbonyl (C=O) groups is 1. The van der Waals surface area contributed by atoms with E-state index in [0.717, 1.165) is 16.8 Å². The number of halogens is 1. The Bertz CT molecular complexity index is 1900. The van der Waals surface area contributed by atoms with E-state index in [1.54, 1.807) is 41.9 Å². The number of para-hydroxylation sites is 1. The lowest BCUT2D eigenvalue weighted by Crippen LogP contribution is -2.39. The summed E-state index contributed by atoms with van der Waals surface area (Å²) in [6.07, 6.45) is 5.19. The Balaban J connectivity index is 1.56. The number of fused-ring (bicyclic) bond motifs is 1. The van der Waals surface area contributed by atoms with E-state index in [4.69, 9.17) is 25.9 Å². The van der Waals surface area contributed by atoms with E-state index in [2.05, 4.69) is 4.99 Å². The molecular weight excluding hydrogens is 536 g/mol. The summed E-state index contributed by atoms with van der Waals surface area (Å²) in [6, 6.07) is 19.8. The van der Waals surface area contributed by atoms with Gasteiger partial charge in [-0.2, -0.15) is 5.10 Å². The monoisotopic (exact) mass is 556 g/mol. The molecular formula is C29H21ClN4O4S. The predicted molar refractivity (Wildman–Crippen MR) is 148 cm³/mol. The lowest BCUT2D eigenvalue weighted by atomic mass is 10.0. The van der Waals surface area contributed by atoms with Gasteiger partial charge < -0.3 is 9.15 Å². The molecule has 0 fully saturated rings. The molecule has 0 saturated heterocycles. The van der Waals surface area contributed by atoms with E-state index in [-0.39, 0.29) is 11.1 Å². The normalized spacial score (nSPS) is 15.3. The van der Waals surface area contributed by atoms with Gasteiger partial charge in [-0.25, -0.2) is 14.5 Å². The van der Waals surface area contributed by atoms with Crippen molar-refractivity contribution in [2.24, 2.45) is 4.99 Å². The van der Waals surface area contributed by atoms with Crippen LogP contribution >= 0.6 is 22.9 Å². The van der Waals surface area contributed by atoms with Gasteiger partial charge in [0.1, 0.15) is 17.5 Å². The van der Waals surface area contributed by atoms with Crippen LogP contribution < -0.4 is 14.9 Å². The molecule has 0 spiro atoms. The third kappa shape index (κ3) is 4.45. The number of carbonyl (C=O) groups excluding carboxylic acids is 1. The topological polar surface area (TPSA) is 91.6 Å². The van der Waals surface area contributed by atoms with Crippen LogP contribution in [0.15, 0.2) is 105 Å². The molecule has 194 valence electrons. The Labute approximate surface area is 231 Å². The predicted octanol–water partition coefficient (Wildman–Crippen LogP) is 4.51. The summed E-state index contributed by atoms with van der Waals surface area (Å²) >= 11 is 7.37. The molecule has 5 aromatic rings. The summed E-state index contributed by atoms with van der Waals surface area (Å²) in [5.41, 5.74) is 3.58. The highest BCUT2D eigenvalue weighted by Gasteiger charge is 2.34. The van der Waals surface area contributed by atoms with Gasteiger partial charge >= 0.3 is 5.97 Å². The molecule has 0 N–H and O–H groups in total. The fourth-order valence-electron chi connectivity index (χ4n) is 4.59. The molecule has 2 aromatic carbocycles. The van der Waals surface area contributed by atoms with Gasteiger partial charge in [-0.3, -0.25) is 9.36 Å². The molecule has 39 heavy (non-hydrogen) atoms. The number of aromatic nitrogens is 3. The van der Waals surface area contributed by atoms with Crippen molar-refractivity contribution in [3.8, 4) is 16.9 Å². The lowest BCUT2D eigenvalue weighted by Gasteiger charge is -2.22. The zero-order chi connectivity index (χ0) is 27.1. The van der Waals surface area contributed by atoms with E-state index in [9.17, 15) is 9.59 Å². The van der Waals surface area contributed by atoms with Crippen LogP contribution in [0.3, 0.4) is 0 Å². The second-order valence-corrected chi connectivity index (χ2v) is 10.3. The summed E-state index contributed by atoms with van der Waals surface area (Å²) in [6.45, 7) is 1.72. The van der Waals surface area contributed by atoms with E-state index in [1.165, 1.54) is 29.3 Å². The van der Waals surface area contributed by atoms with Gasteiger partial charge in [0, 0.05) is 22.3 Å². The molecule has 0 saturated carbocycles. The second-order valence-electron chi connectivity index (χ2n) is 8.81. The summed E-state index contributed by atoms with van der Waals surface area (Å²) in [7, 11) is 1.30. The first kappa shape index (κ1) is 24.8. The summed E-state index contributed by atoms with van der Waals surface area (Å²) in [4.78, 5) is 31.7. The molecule has 1 aliphatic rings. The van der Waals surface area contributed by atoms with Gasteiger partial charge in [0.15, 0.2) is 4.80 Å². The SMILES string of the molecule is COC(=O)C1=C(C)N=c2sc(=Cc3cn(-c4ccccc4)nc3-c3ccc(Cl)cc3)c(=O)n2C1c1ccco1. The number of thiazole rings is 1. The first-order chi connectivity index (χ1) is 18.9. The fourth-order valence-corrected chi connectivity index (χ4v) is 5.75. The molecule has 6 rings (SSSR count). The minimum Gasteiger partial charge on any atom is -0.467 e. The molecule has 1 aliphatic heterocycles. The van der Waals surface area contributed by atoms with E-state index >= 15 is 0 Å². The largest absolute Gasteiger partial charge is 0.467 e. The van der Waals surface area contributed by atoms with Crippen molar-refractivity contribution in [3.63, 3.8) is 0 Å². The van der Waals surface area contributed by atoms with Gasteiger partial charge in [0.25, 0.3) is 5.56 Å². The maximum Gasteiger partial charge on any atom is 0.338 e. The average molecular weight is 557 g/mol. The quantitative estimate of drug-likeness (QED) is 0.297. The van der Waals surface area contributed by atoms with Crippen LogP contribution in [-0.2, 0) is 9.53 Å². The van der Waals surface area contributed by atoms with Crippen LogP contribution in [0.25, 0.3) is 23.0 Å². The van der Waals surface area contributed by atoms with Crippen LogP contribution in [0.1, 0.15) is 24.3 Å². The standard InChI is InChI=1S/C29H21ClN4O4S/c1-17-24(28(36)37-2)26(22-9-6-14-38-22)34-27(35)23(39-29(34)31-17)15-19-16-33(21-7-4-3-5-8-21)32-25(19)18-10-12-20(30)13-11-18/h3-16,26H,1-2H3. The summed E-state index contributed by atoms with van der Waals surface area (Å²) in [5.74, 6) is -0.128. The van der Waals surface area contributed by atoms with E-state index in [1.807, 2.05) is 48.7 Å². The van der Waals surface area contributed by atoms with Crippen LogP contribution in [0.5, 0.6) is 0 Å². The number of rotatable bonds is 5. The number of hydrogen-bond donors (Lipinski definition) is 0. The molecule has 0 bridgehead atoms. The molecule has 1 atom stereocenters. The van der Waals surface area contributed by atoms with Gasteiger partial charge in [-0.15, -0.1) is 0 Å². The number of methoxy groups -OCH3 is 1. The number of allylic oxidation sites excluding steroid dienone is 1. The zero-order valence-electron chi connectivity index (χ0n) is 20.9. The number of esters is 1. The molecule has 4 heterocycles. The van der Waals surface area contributed by atoms with Crippen LogP contribution in [0, 0.1) is 0 Å². The molecule has 3 aromatic heterocycles. The molecule has 10 heteroatoms. The molecule has 0 amide bonds. The van der Waals surface area contributed by atoms with Crippen molar-refractivity contribution in [2.45, 2.75) is 13.0 Å². The van der Waals surface area contributed by atoms with Crippen molar-refractivity contribution in [1.82, 2.24) is 14.3 Å². The molecule has 0 radical (unpaired) electrons. The molecule has 0 aliphatic carbocycles. The number of ether oxygens (including phenoxy) is 1. The van der Waals surface area contributed by atoms with Crippen molar-refractivity contribution >= 4 is 35.0 Å². The van der Waals surface area contributed by atoms with Gasteiger partial charge in [0.05, 0.1) is 34.9 Å². The Kier molecular flexibility index (Phi) is 6.38. The lowest BCUT2D eigenvalue weighted by molar-refractivity contribution is -0.136. The van der Waals surface area contributed by atoms with Crippen LogP contribution in [-0.4, -0.2) is 27.4 Å². The van der Waals surface area contributed by atoms with E-state index in [0.29, 0.717) is 31.5 Å². The third-order valence-electron chi connectivity index (χ3n) is 6.41. The van der Waals surface area contributed by atoms with Crippen molar-refractivity contribution in [1.29, 1.82) is 0 Å². The minimum absolute atomic E-state index is 0.255. The van der Waals surface area contributed by atoms with Crippen molar-refractivity contribution in [2.75, 3.05) is 7.11 Å². The highest BCUT2D eigenvalue weighted by Crippen LogP contribution is 2.31. The minimum atomic E-state index is -0.798.